The summed E-state index contributed by atoms with van der Waals surface area (Å²) in [6.45, 7) is 7.53. The molecule has 1 fully saturated rings. The van der Waals surface area contributed by atoms with E-state index in [4.69, 9.17) is 0 Å². The maximum Gasteiger partial charge on any atom is 0.225 e. The number of hydrogen-bond acceptors (Lipinski definition) is 4. The fourth-order valence-electron chi connectivity index (χ4n) is 1.99. The predicted octanol–water partition coefficient (Wildman–Crippen LogP) is 1.90. The van der Waals surface area contributed by atoms with E-state index in [0.717, 1.165) is 36.5 Å². The Kier molecular flexibility index (Phi) is 3.68. The van der Waals surface area contributed by atoms with E-state index in [1.807, 2.05) is 12.4 Å². The summed E-state index contributed by atoms with van der Waals surface area (Å²) >= 11 is 3.40. The van der Waals surface area contributed by atoms with Crippen LogP contribution in [0.4, 0.5) is 5.95 Å². The van der Waals surface area contributed by atoms with Crippen LogP contribution in [0, 0.1) is 0 Å². The first kappa shape index (κ1) is 12.8. The van der Waals surface area contributed by atoms with Crippen LogP contribution in [0.5, 0.6) is 0 Å². The Bertz CT molecular complexity index is 377. The first-order chi connectivity index (χ1) is 8.03. The van der Waals surface area contributed by atoms with Gasteiger partial charge in [0.15, 0.2) is 0 Å². The van der Waals surface area contributed by atoms with E-state index in [1.165, 1.54) is 0 Å². The molecule has 2 rings (SSSR count). The monoisotopic (exact) mass is 298 g/mol. The molecule has 17 heavy (non-hydrogen) atoms. The van der Waals surface area contributed by atoms with Gasteiger partial charge in [-0.1, -0.05) is 15.9 Å². The summed E-state index contributed by atoms with van der Waals surface area (Å²) in [5.41, 5.74) is 1.29. The fraction of sp³-hybridized carbons (Fsp3) is 0.667. The smallest absolute Gasteiger partial charge is 0.225 e. The van der Waals surface area contributed by atoms with E-state index < -0.39 is 0 Å². The zero-order chi connectivity index (χ0) is 12.5. The molecule has 0 unspecified atom stereocenters. The molecule has 1 aliphatic rings. The zero-order valence-corrected chi connectivity index (χ0v) is 12.2. The lowest BCUT2D eigenvalue weighted by molar-refractivity contribution is 0.138. The van der Waals surface area contributed by atoms with Gasteiger partial charge >= 0.3 is 0 Å². The number of likely N-dealkylation sites (N-methyl/N-ethyl adjacent to an activating group) is 1. The maximum absolute atomic E-state index is 4.43. The summed E-state index contributed by atoms with van der Waals surface area (Å²) in [6.07, 6.45) is 3.78. The van der Waals surface area contributed by atoms with Crippen molar-refractivity contribution in [3.05, 3.63) is 18.0 Å². The van der Waals surface area contributed by atoms with Crippen LogP contribution < -0.4 is 4.90 Å². The van der Waals surface area contributed by atoms with Gasteiger partial charge in [0, 0.05) is 42.9 Å². The Labute approximate surface area is 111 Å². The van der Waals surface area contributed by atoms with Crippen LogP contribution >= 0.6 is 15.9 Å². The number of aromatic nitrogens is 2. The average molecular weight is 299 g/mol. The Balaban J connectivity index is 2.12. The maximum atomic E-state index is 4.43. The topological polar surface area (TPSA) is 32.3 Å². The van der Waals surface area contributed by atoms with Crippen LogP contribution in [0.15, 0.2) is 12.4 Å². The van der Waals surface area contributed by atoms with Crippen molar-refractivity contribution in [2.24, 2.45) is 0 Å². The molecule has 0 saturated carbocycles. The minimum atomic E-state index is 0.176. The minimum Gasteiger partial charge on any atom is -0.338 e. The van der Waals surface area contributed by atoms with Crippen LogP contribution in [-0.4, -0.2) is 47.1 Å². The van der Waals surface area contributed by atoms with Crippen LogP contribution in [-0.2, 0) is 5.33 Å². The first-order valence-corrected chi connectivity index (χ1v) is 6.98. The van der Waals surface area contributed by atoms with Crippen molar-refractivity contribution in [1.29, 1.82) is 0 Å². The van der Waals surface area contributed by atoms with E-state index in [0.29, 0.717) is 0 Å². The molecule has 1 aliphatic heterocycles. The molecule has 0 aromatic carbocycles. The summed E-state index contributed by atoms with van der Waals surface area (Å²) in [6, 6.07) is 0. The Morgan fingerprint density at radius 2 is 1.94 bits per heavy atom. The second kappa shape index (κ2) is 4.90. The normalized spacial score (nSPS) is 20.6. The summed E-state index contributed by atoms with van der Waals surface area (Å²) < 4.78 is 0. The summed E-state index contributed by atoms with van der Waals surface area (Å²) in [5.74, 6) is 0.843. The Morgan fingerprint density at radius 1 is 1.29 bits per heavy atom. The molecule has 2 heterocycles. The van der Waals surface area contributed by atoms with Crippen molar-refractivity contribution >= 4 is 21.9 Å². The molecule has 4 nitrogen and oxygen atoms in total. The van der Waals surface area contributed by atoms with Gasteiger partial charge in [0.2, 0.25) is 5.95 Å². The predicted molar refractivity (Wildman–Crippen MR) is 73.6 cm³/mol. The molecule has 0 spiro atoms. The van der Waals surface area contributed by atoms with Crippen molar-refractivity contribution in [1.82, 2.24) is 14.9 Å². The van der Waals surface area contributed by atoms with Gasteiger partial charge in [-0.25, -0.2) is 9.97 Å². The largest absolute Gasteiger partial charge is 0.338 e. The standard InChI is InChI=1S/C12H19BrN4/c1-12(2)9-17(5-4-16(12)3)11-14-7-10(6-13)8-15-11/h7-8H,4-6,9H2,1-3H3. The van der Waals surface area contributed by atoms with Gasteiger partial charge in [0.1, 0.15) is 0 Å². The molecule has 1 aromatic rings. The summed E-state index contributed by atoms with van der Waals surface area (Å²) in [7, 11) is 2.17. The van der Waals surface area contributed by atoms with Gasteiger partial charge in [0.05, 0.1) is 0 Å². The lowest BCUT2D eigenvalue weighted by atomic mass is 10.0. The van der Waals surface area contributed by atoms with E-state index in [2.05, 4.69) is 56.6 Å². The number of halogens is 1. The average Bonchev–Trinajstić information content (AvgIpc) is 2.33. The van der Waals surface area contributed by atoms with Crippen LogP contribution in [0.2, 0.25) is 0 Å². The minimum absolute atomic E-state index is 0.176. The third-order valence-electron chi connectivity index (χ3n) is 3.45. The van der Waals surface area contributed by atoms with Crippen molar-refractivity contribution < 1.29 is 0 Å². The number of alkyl halides is 1. The highest BCUT2D eigenvalue weighted by Gasteiger charge is 2.31. The molecule has 1 saturated heterocycles. The van der Waals surface area contributed by atoms with E-state index in [9.17, 15) is 0 Å². The Morgan fingerprint density at radius 3 is 2.47 bits per heavy atom. The molecule has 0 amide bonds. The number of rotatable bonds is 2. The van der Waals surface area contributed by atoms with Crippen LogP contribution in [0.1, 0.15) is 19.4 Å². The third kappa shape index (κ3) is 2.77. The quantitative estimate of drug-likeness (QED) is 0.781. The molecule has 0 aliphatic carbocycles. The SMILES string of the molecule is CN1CCN(c2ncc(CBr)cn2)CC1(C)C. The first-order valence-electron chi connectivity index (χ1n) is 5.86. The molecule has 5 heteroatoms. The second-order valence-corrected chi connectivity index (χ2v) is 5.74. The molecule has 94 valence electrons. The number of piperazine rings is 1. The molecule has 1 aromatic heterocycles. The third-order valence-corrected chi connectivity index (χ3v) is 4.09. The molecule has 0 atom stereocenters. The molecule has 0 radical (unpaired) electrons. The summed E-state index contributed by atoms with van der Waals surface area (Å²) in [5, 5.41) is 0.807. The second-order valence-electron chi connectivity index (χ2n) is 5.18. The number of nitrogens with zero attached hydrogens (tertiary/aromatic N) is 4. The van der Waals surface area contributed by atoms with Crippen molar-refractivity contribution in [3.8, 4) is 0 Å². The van der Waals surface area contributed by atoms with Crippen molar-refractivity contribution in [2.45, 2.75) is 24.7 Å². The van der Waals surface area contributed by atoms with Gasteiger partial charge in [-0.05, 0) is 26.5 Å². The number of anilines is 1. The molecular weight excluding hydrogens is 280 g/mol. The van der Waals surface area contributed by atoms with Crippen LogP contribution in [0.3, 0.4) is 0 Å². The lowest BCUT2D eigenvalue weighted by Gasteiger charge is -2.45. The molecule has 0 bridgehead atoms. The Hall–Kier alpha value is -0.680. The van der Waals surface area contributed by atoms with Crippen LogP contribution in [0.25, 0.3) is 0 Å². The van der Waals surface area contributed by atoms with Gasteiger partial charge in [0.25, 0.3) is 0 Å². The zero-order valence-electron chi connectivity index (χ0n) is 10.6. The highest BCUT2D eigenvalue weighted by molar-refractivity contribution is 9.08. The molecular formula is C12H19BrN4. The van der Waals surface area contributed by atoms with E-state index >= 15 is 0 Å². The highest BCUT2D eigenvalue weighted by atomic mass is 79.9. The van der Waals surface area contributed by atoms with Gasteiger partial charge in [-0.15, -0.1) is 0 Å². The number of hydrogen-bond donors (Lipinski definition) is 0. The lowest BCUT2D eigenvalue weighted by Crippen LogP contribution is -2.58. The summed E-state index contributed by atoms with van der Waals surface area (Å²) in [4.78, 5) is 13.5. The highest BCUT2D eigenvalue weighted by Crippen LogP contribution is 2.21. The van der Waals surface area contributed by atoms with Gasteiger partial charge in [-0.2, -0.15) is 0 Å². The van der Waals surface area contributed by atoms with Crippen molar-refractivity contribution in [2.75, 3.05) is 31.6 Å². The van der Waals surface area contributed by atoms with Crippen molar-refractivity contribution in [3.63, 3.8) is 0 Å². The molecule has 0 N–H and O–H groups in total. The van der Waals surface area contributed by atoms with E-state index in [-0.39, 0.29) is 5.54 Å². The van der Waals surface area contributed by atoms with Gasteiger partial charge in [-0.3, -0.25) is 4.90 Å². The fourth-order valence-corrected chi connectivity index (χ4v) is 2.28. The van der Waals surface area contributed by atoms with E-state index in [1.54, 1.807) is 0 Å². The van der Waals surface area contributed by atoms with Gasteiger partial charge < -0.3 is 4.90 Å².